The van der Waals surface area contributed by atoms with E-state index in [1.54, 1.807) is 7.11 Å². The number of para-hydroxylation sites is 1. The normalized spacial score (nSPS) is 10.5. The fourth-order valence-corrected chi connectivity index (χ4v) is 2.68. The van der Waals surface area contributed by atoms with Crippen molar-refractivity contribution in [1.29, 1.82) is 0 Å². The van der Waals surface area contributed by atoms with Crippen molar-refractivity contribution in [3.05, 3.63) is 65.1 Å². The number of halogens is 1. The van der Waals surface area contributed by atoms with Gasteiger partial charge in [-0.25, -0.2) is 9.97 Å². The zero-order chi connectivity index (χ0) is 17.5. The van der Waals surface area contributed by atoms with Crippen LogP contribution in [0.15, 0.2) is 65.1 Å². The van der Waals surface area contributed by atoms with Crippen molar-refractivity contribution in [2.24, 2.45) is 0 Å². The summed E-state index contributed by atoms with van der Waals surface area (Å²) in [7, 11) is 1.68. The molecule has 0 fully saturated rings. The van der Waals surface area contributed by atoms with Gasteiger partial charge in [0.25, 0.3) is 0 Å². The van der Waals surface area contributed by atoms with Crippen LogP contribution >= 0.6 is 15.9 Å². The number of aromatic nitrogens is 2. The Labute approximate surface area is 155 Å². The maximum atomic E-state index is 5.09. The lowest BCUT2D eigenvalue weighted by molar-refractivity contribution is 0.210. The van der Waals surface area contributed by atoms with Gasteiger partial charge in [-0.2, -0.15) is 0 Å². The fourth-order valence-electron chi connectivity index (χ4n) is 2.30. The quantitative estimate of drug-likeness (QED) is 0.564. The topological polar surface area (TPSA) is 59.1 Å². The molecule has 3 aromatic rings. The van der Waals surface area contributed by atoms with Crippen LogP contribution < -0.4 is 10.6 Å². The first-order valence-corrected chi connectivity index (χ1v) is 8.74. The third-order valence-electron chi connectivity index (χ3n) is 3.51. The van der Waals surface area contributed by atoms with Crippen LogP contribution in [0.2, 0.25) is 0 Å². The van der Waals surface area contributed by atoms with Gasteiger partial charge in [-0.05, 0) is 28.1 Å². The largest absolute Gasteiger partial charge is 0.383 e. The van der Waals surface area contributed by atoms with Crippen molar-refractivity contribution in [1.82, 2.24) is 9.97 Å². The summed E-state index contributed by atoms with van der Waals surface area (Å²) in [5, 5.41) is 6.61. The lowest BCUT2D eigenvalue weighted by Crippen LogP contribution is -2.10. The van der Waals surface area contributed by atoms with E-state index < -0.39 is 0 Å². The van der Waals surface area contributed by atoms with Gasteiger partial charge in [-0.3, -0.25) is 0 Å². The van der Waals surface area contributed by atoms with E-state index >= 15 is 0 Å². The molecule has 3 rings (SSSR count). The van der Waals surface area contributed by atoms with Crippen LogP contribution in [-0.2, 0) is 4.74 Å². The summed E-state index contributed by atoms with van der Waals surface area (Å²) >= 11 is 3.55. The molecule has 0 spiro atoms. The van der Waals surface area contributed by atoms with Crippen molar-refractivity contribution < 1.29 is 4.74 Å². The number of ether oxygens (including phenoxy) is 1. The van der Waals surface area contributed by atoms with E-state index in [9.17, 15) is 0 Å². The standard InChI is InChI=1S/C19H19BrN4O/c1-25-12-11-21-17-13-18(22-16-10-6-5-9-15(16)20)24-19(23-17)14-7-3-2-4-8-14/h2-10,13H,11-12H2,1H3,(H2,21,22,23,24). The summed E-state index contributed by atoms with van der Waals surface area (Å²) < 4.78 is 6.07. The molecule has 0 saturated heterocycles. The van der Waals surface area contributed by atoms with Gasteiger partial charge >= 0.3 is 0 Å². The SMILES string of the molecule is COCCNc1cc(Nc2ccccc2Br)nc(-c2ccccc2)n1. The van der Waals surface area contributed by atoms with Crippen LogP contribution in [0.3, 0.4) is 0 Å². The van der Waals surface area contributed by atoms with Gasteiger partial charge in [0.2, 0.25) is 0 Å². The third-order valence-corrected chi connectivity index (χ3v) is 4.20. The highest BCUT2D eigenvalue weighted by Gasteiger charge is 2.08. The number of methoxy groups -OCH3 is 1. The van der Waals surface area contributed by atoms with E-state index in [4.69, 9.17) is 4.74 Å². The monoisotopic (exact) mass is 398 g/mol. The average Bonchev–Trinajstić information content (AvgIpc) is 2.64. The Balaban J connectivity index is 1.93. The van der Waals surface area contributed by atoms with E-state index in [1.807, 2.05) is 60.7 Å². The number of benzene rings is 2. The van der Waals surface area contributed by atoms with E-state index in [0.29, 0.717) is 19.0 Å². The van der Waals surface area contributed by atoms with Gasteiger partial charge < -0.3 is 15.4 Å². The Morgan fingerprint density at radius 1 is 0.960 bits per heavy atom. The van der Waals surface area contributed by atoms with Crippen LogP contribution in [0, 0.1) is 0 Å². The first kappa shape index (κ1) is 17.4. The highest BCUT2D eigenvalue weighted by molar-refractivity contribution is 9.10. The Bertz CT molecular complexity index is 827. The third kappa shape index (κ3) is 4.78. The molecule has 0 unspecified atom stereocenters. The molecule has 2 N–H and O–H groups in total. The minimum Gasteiger partial charge on any atom is -0.383 e. The number of anilines is 3. The van der Waals surface area contributed by atoms with Gasteiger partial charge in [-0.1, -0.05) is 42.5 Å². The predicted octanol–water partition coefficient (Wildman–Crippen LogP) is 4.71. The summed E-state index contributed by atoms with van der Waals surface area (Å²) in [6.07, 6.45) is 0. The van der Waals surface area contributed by atoms with Gasteiger partial charge in [0.1, 0.15) is 11.6 Å². The molecule has 0 atom stereocenters. The minimum atomic E-state index is 0.609. The van der Waals surface area contributed by atoms with Gasteiger partial charge in [0.15, 0.2) is 5.82 Å². The highest BCUT2D eigenvalue weighted by Crippen LogP contribution is 2.27. The summed E-state index contributed by atoms with van der Waals surface area (Å²) in [6, 6.07) is 19.7. The number of nitrogens with one attached hydrogen (secondary N) is 2. The van der Waals surface area contributed by atoms with Crippen LogP contribution in [-0.4, -0.2) is 30.2 Å². The molecule has 2 aromatic carbocycles. The first-order valence-electron chi connectivity index (χ1n) is 7.95. The Morgan fingerprint density at radius 3 is 2.44 bits per heavy atom. The Hall–Kier alpha value is -2.44. The molecule has 0 radical (unpaired) electrons. The molecule has 6 heteroatoms. The second-order valence-electron chi connectivity index (χ2n) is 5.35. The highest BCUT2D eigenvalue weighted by atomic mass is 79.9. The minimum absolute atomic E-state index is 0.609. The number of nitrogens with zero attached hydrogens (tertiary/aromatic N) is 2. The number of hydrogen-bond donors (Lipinski definition) is 2. The molecule has 0 aliphatic carbocycles. The van der Waals surface area contributed by atoms with Gasteiger partial charge in [0, 0.05) is 29.8 Å². The molecule has 0 aliphatic rings. The molecule has 0 amide bonds. The molecule has 128 valence electrons. The second kappa shape index (κ2) is 8.60. The van der Waals surface area contributed by atoms with Crippen molar-refractivity contribution in [2.75, 3.05) is 30.9 Å². The molecule has 1 heterocycles. The second-order valence-corrected chi connectivity index (χ2v) is 6.21. The Morgan fingerprint density at radius 2 is 1.68 bits per heavy atom. The Kier molecular flexibility index (Phi) is 5.98. The molecule has 1 aromatic heterocycles. The van der Waals surface area contributed by atoms with Crippen LogP contribution in [0.5, 0.6) is 0 Å². The average molecular weight is 399 g/mol. The summed E-state index contributed by atoms with van der Waals surface area (Å²) in [6.45, 7) is 1.29. The fraction of sp³-hybridized carbons (Fsp3) is 0.158. The molecular weight excluding hydrogens is 380 g/mol. The molecule has 0 saturated carbocycles. The van der Waals surface area contributed by atoms with E-state index in [2.05, 4.69) is 36.5 Å². The molecular formula is C19H19BrN4O. The molecule has 5 nitrogen and oxygen atoms in total. The summed E-state index contributed by atoms with van der Waals surface area (Å²) in [5.74, 6) is 2.14. The van der Waals surface area contributed by atoms with Crippen LogP contribution in [0.4, 0.5) is 17.3 Å². The summed E-state index contributed by atoms with van der Waals surface area (Å²) in [5.41, 5.74) is 1.91. The van der Waals surface area contributed by atoms with Crippen LogP contribution in [0.25, 0.3) is 11.4 Å². The van der Waals surface area contributed by atoms with E-state index in [1.165, 1.54) is 0 Å². The predicted molar refractivity (Wildman–Crippen MR) is 105 cm³/mol. The first-order chi connectivity index (χ1) is 12.3. The summed E-state index contributed by atoms with van der Waals surface area (Å²) in [4.78, 5) is 9.26. The van der Waals surface area contributed by atoms with Gasteiger partial charge in [-0.15, -0.1) is 0 Å². The van der Waals surface area contributed by atoms with Crippen molar-refractivity contribution >= 4 is 33.3 Å². The zero-order valence-electron chi connectivity index (χ0n) is 13.9. The maximum absolute atomic E-state index is 5.09. The maximum Gasteiger partial charge on any atom is 0.163 e. The molecule has 0 aliphatic heterocycles. The lowest BCUT2D eigenvalue weighted by Gasteiger charge is -2.12. The molecule has 25 heavy (non-hydrogen) atoms. The number of rotatable bonds is 7. The smallest absolute Gasteiger partial charge is 0.163 e. The lowest BCUT2D eigenvalue weighted by atomic mass is 10.2. The van der Waals surface area contributed by atoms with Crippen molar-refractivity contribution in [3.63, 3.8) is 0 Å². The van der Waals surface area contributed by atoms with Crippen molar-refractivity contribution in [2.45, 2.75) is 0 Å². The van der Waals surface area contributed by atoms with E-state index in [-0.39, 0.29) is 0 Å². The van der Waals surface area contributed by atoms with Gasteiger partial charge in [0.05, 0.1) is 12.3 Å². The van der Waals surface area contributed by atoms with Crippen molar-refractivity contribution in [3.8, 4) is 11.4 Å². The van der Waals surface area contributed by atoms with Crippen LogP contribution in [0.1, 0.15) is 0 Å². The number of hydrogen-bond acceptors (Lipinski definition) is 5. The zero-order valence-corrected chi connectivity index (χ0v) is 15.5. The van der Waals surface area contributed by atoms with E-state index in [0.717, 1.165) is 27.4 Å². The molecule has 0 bridgehead atoms.